The number of rotatable bonds is 5. The van der Waals surface area contributed by atoms with E-state index in [2.05, 4.69) is 32.8 Å². The third kappa shape index (κ3) is 4.69. The zero-order valence-corrected chi connectivity index (χ0v) is 11.2. The number of para-hydroxylation sites is 1. The van der Waals surface area contributed by atoms with Gasteiger partial charge in [0.05, 0.1) is 14.1 Å². The van der Waals surface area contributed by atoms with Crippen LogP contribution in [0.1, 0.15) is 6.92 Å². The lowest BCUT2D eigenvalue weighted by Crippen LogP contribution is -2.43. The Hall–Kier alpha value is -1.65. The molecule has 18 heavy (non-hydrogen) atoms. The molecule has 0 saturated carbocycles. The van der Waals surface area contributed by atoms with Gasteiger partial charge < -0.3 is 10.2 Å². The molecule has 0 atom stereocenters. The largest absolute Gasteiger partial charge is 0.870 e. The van der Waals surface area contributed by atoms with Gasteiger partial charge in [0.15, 0.2) is 0 Å². The van der Waals surface area contributed by atoms with Crippen molar-refractivity contribution in [2.24, 2.45) is 0 Å². The molecule has 0 aliphatic heterocycles. The van der Waals surface area contributed by atoms with Crippen LogP contribution in [-0.2, 0) is 9.53 Å². The molecule has 0 amide bonds. The summed E-state index contributed by atoms with van der Waals surface area (Å²) >= 11 is 0. The molecule has 0 heterocycles. The summed E-state index contributed by atoms with van der Waals surface area (Å²) in [5.74, 6) is -0.321. The molecule has 0 unspecified atom stereocenters. The van der Waals surface area contributed by atoms with E-state index >= 15 is 0 Å². The van der Waals surface area contributed by atoms with Crippen LogP contribution in [0.15, 0.2) is 42.5 Å². The Morgan fingerprint density at radius 2 is 1.83 bits per heavy atom. The topological polar surface area (TPSA) is 56.3 Å². The first-order valence-corrected chi connectivity index (χ1v) is 5.65. The second-order valence-electron chi connectivity index (χ2n) is 4.66. The maximum absolute atomic E-state index is 11.2. The molecular formula is C14H21NO3. The number of nitrogens with zero attached hydrogens (tertiary/aromatic N) is 1. The number of benzene rings is 1. The number of likely N-dealkylation sites (N-methyl/N-ethyl adjacent to an activating group) is 1. The van der Waals surface area contributed by atoms with Gasteiger partial charge in [0.1, 0.15) is 18.8 Å². The smallest absolute Gasteiger partial charge is 0.333 e. The minimum Gasteiger partial charge on any atom is -0.870 e. The number of carbonyl (C=O) groups is 1. The third-order valence-electron chi connectivity index (χ3n) is 2.69. The van der Waals surface area contributed by atoms with Gasteiger partial charge in [-0.15, -0.1) is 0 Å². The molecule has 0 fully saturated rings. The highest BCUT2D eigenvalue weighted by atomic mass is 16.5. The summed E-state index contributed by atoms with van der Waals surface area (Å²) in [6.45, 7) is 6.34. The molecule has 1 N–H and O–H groups in total. The Balaban J connectivity index is 0.00000289. The summed E-state index contributed by atoms with van der Waals surface area (Å²) in [7, 11) is 4.17. The van der Waals surface area contributed by atoms with Crippen molar-refractivity contribution in [1.29, 1.82) is 0 Å². The minimum atomic E-state index is -0.321. The average Bonchev–Trinajstić information content (AvgIpc) is 2.29. The molecule has 100 valence electrons. The molecule has 0 radical (unpaired) electrons. The van der Waals surface area contributed by atoms with Gasteiger partial charge in [-0.05, 0) is 19.1 Å². The first kappa shape index (κ1) is 16.4. The molecule has 1 aromatic rings. The van der Waals surface area contributed by atoms with E-state index in [1.807, 2.05) is 18.2 Å². The molecule has 0 saturated heterocycles. The van der Waals surface area contributed by atoms with Gasteiger partial charge in [0.25, 0.3) is 0 Å². The quantitative estimate of drug-likeness (QED) is 0.458. The maximum atomic E-state index is 11.2. The standard InChI is InChI=1S/C14H20NO2.H2O/c1-12(2)14(16)17-11-10-15(3,4)13-8-6-5-7-9-13;/h5-9H,1,10-11H2,2-4H3;1H2/q+1;/p-1. The van der Waals surface area contributed by atoms with E-state index in [9.17, 15) is 4.79 Å². The summed E-state index contributed by atoms with van der Waals surface area (Å²) in [4.78, 5) is 11.2. The van der Waals surface area contributed by atoms with E-state index in [1.165, 1.54) is 5.69 Å². The summed E-state index contributed by atoms with van der Waals surface area (Å²) in [6.07, 6.45) is 0. The van der Waals surface area contributed by atoms with Crippen LogP contribution in [0, 0.1) is 0 Å². The van der Waals surface area contributed by atoms with Gasteiger partial charge in [-0.25, -0.2) is 4.79 Å². The lowest BCUT2D eigenvalue weighted by Gasteiger charge is -2.28. The summed E-state index contributed by atoms with van der Waals surface area (Å²) in [5, 5.41) is 0. The highest BCUT2D eigenvalue weighted by molar-refractivity contribution is 5.86. The molecule has 0 aromatic heterocycles. The van der Waals surface area contributed by atoms with E-state index < -0.39 is 0 Å². The van der Waals surface area contributed by atoms with Crippen molar-refractivity contribution in [3.63, 3.8) is 0 Å². The Morgan fingerprint density at radius 3 is 2.33 bits per heavy atom. The monoisotopic (exact) mass is 251 g/mol. The van der Waals surface area contributed by atoms with Crippen molar-refractivity contribution in [3.05, 3.63) is 42.5 Å². The summed E-state index contributed by atoms with van der Waals surface area (Å²) < 4.78 is 5.79. The molecule has 0 aliphatic rings. The number of carbonyl (C=O) groups excluding carboxylic acids is 1. The Morgan fingerprint density at radius 1 is 1.28 bits per heavy atom. The van der Waals surface area contributed by atoms with Crippen molar-refractivity contribution in [3.8, 4) is 0 Å². The zero-order valence-electron chi connectivity index (χ0n) is 11.2. The molecule has 0 spiro atoms. The molecule has 4 nitrogen and oxygen atoms in total. The first-order chi connectivity index (χ1) is 7.93. The van der Waals surface area contributed by atoms with E-state index in [4.69, 9.17) is 4.74 Å². The van der Waals surface area contributed by atoms with Gasteiger partial charge in [0, 0.05) is 5.57 Å². The van der Waals surface area contributed by atoms with Gasteiger partial charge in [-0.2, -0.15) is 0 Å². The average molecular weight is 251 g/mol. The molecule has 4 heteroatoms. The lowest BCUT2D eigenvalue weighted by atomic mass is 10.2. The highest BCUT2D eigenvalue weighted by Gasteiger charge is 2.18. The number of ether oxygens (including phenoxy) is 1. The molecule has 1 aromatic carbocycles. The normalized spacial score (nSPS) is 10.4. The number of hydrogen-bond donors (Lipinski definition) is 0. The maximum Gasteiger partial charge on any atom is 0.333 e. The molecular weight excluding hydrogens is 230 g/mol. The van der Waals surface area contributed by atoms with Gasteiger partial charge in [-0.3, -0.25) is 4.48 Å². The van der Waals surface area contributed by atoms with Crippen molar-refractivity contribution in [2.45, 2.75) is 6.92 Å². The van der Waals surface area contributed by atoms with Crippen LogP contribution in [-0.4, -0.2) is 38.7 Å². The Kier molecular flexibility index (Phi) is 6.30. The van der Waals surface area contributed by atoms with Crippen molar-refractivity contribution < 1.29 is 15.0 Å². The van der Waals surface area contributed by atoms with Crippen LogP contribution in [0.25, 0.3) is 0 Å². The molecule has 1 rings (SSSR count). The van der Waals surface area contributed by atoms with Crippen molar-refractivity contribution >= 4 is 11.7 Å². The SMILES string of the molecule is C=C(C)C(=O)OCC[N+](C)(C)c1ccccc1.[OH-]. The van der Waals surface area contributed by atoms with Crippen LogP contribution >= 0.6 is 0 Å². The highest BCUT2D eigenvalue weighted by Crippen LogP contribution is 2.17. The summed E-state index contributed by atoms with van der Waals surface area (Å²) in [5.41, 5.74) is 1.63. The number of quaternary nitrogens is 1. The Bertz CT molecular complexity index is 399. The second kappa shape index (κ2) is 6.93. The lowest BCUT2D eigenvalue weighted by molar-refractivity contribution is -0.139. The third-order valence-corrected chi connectivity index (χ3v) is 2.69. The zero-order chi connectivity index (χ0) is 12.9. The molecule has 0 aliphatic carbocycles. The van der Waals surface area contributed by atoms with Crippen molar-refractivity contribution in [1.82, 2.24) is 4.48 Å². The minimum absolute atomic E-state index is 0. The second-order valence-corrected chi connectivity index (χ2v) is 4.66. The fourth-order valence-corrected chi connectivity index (χ4v) is 1.45. The van der Waals surface area contributed by atoms with Gasteiger partial charge in [-0.1, -0.05) is 24.8 Å². The predicted molar refractivity (Wildman–Crippen MR) is 72.7 cm³/mol. The number of esters is 1. The van der Waals surface area contributed by atoms with Crippen molar-refractivity contribution in [2.75, 3.05) is 27.2 Å². The number of hydrogen-bond acceptors (Lipinski definition) is 3. The summed E-state index contributed by atoms with van der Waals surface area (Å²) in [6, 6.07) is 10.1. The van der Waals surface area contributed by atoms with Crippen LogP contribution in [0.2, 0.25) is 0 Å². The van der Waals surface area contributed by atoms with E-state index in [1.54, 1.807) is 6.92 Å². The van der Waals surface area contributed by atoms with Crippen LogP contribution in [0.4, 0.5) is 5.69 Å². The fraction of sp³-hybridized carbons (Fsp3) is 0.357. The molecule has 0 bridgehead atoms. The first-order valence-electron chi connectivity index (χ1n) is 5.65. The van der Waals surface area contributed by atoms with Crippen LogP contribution in [0.3, 0.4) is 0 Å². The van der Waals surface area contributed by atoms with Crippen LogP contribution in [0.5, 0.6) is 0 Å². The van der Waals surface area contributed by atoms with Crippen LogP contribution < -0.4 is 4.48 Å². The van der Waals surface area contributed by atoms with E-state index in [-0.39, 0.29) is 11.4 Å². The predicted octanol–water partition coefficient (Wildman–Crippen LogP) is 2.20. The fourth-order valence-electron chi connectivity index (χ4n) is 1.45. The van der Waals surface area contributed by atoms with E-state index in [0.717, 1.165) is 6.54 Å². The van der Waals surface area contributed by atoms with Gasteiger partial charge in [0.2, 0.25) is 0 Å². The Labute approximate surface area is 108 Å². The van der Waals surface area contributed by atoms with E-state index in [0.29, 0.717) is 16.7 Å². The van der Waals surface area contributed by atoms with Gasteiger partial charge >= 0.3 is 5.97 Å².